The normalized spacial score (nSPS) is 14.8. The van der Waals surface area contributed by atoms with Crippen molar-refractivity contribution in [2.45, 2.75) is 19.3 Å². The first-order valence-electron chi connectivity index (χ1n) is 4.55. The van der Waals surface area contributed by atoms with Crippen molar-refractivity contribution in [2.24, 2.45) is 17.3 Å². The smallest absolute Gasteiger partial charge is 0.197 e. The average Bonchev–Trinajstić information content (AvgIpc) is 2.20. The maximum atomic E-state index is 12.5. The Hall–Kier alpha value is -1.70. The van der Waals surface area contributed by atoms with Gasteiger partial charge in [-0.25, -0.2) is 0 Å². The number of nitrogens with zero attached hydrogens (tertiary/aromatic N) is 2. The molecule has 0 fully saturated rings. The monoisotopic (exact) mass is 270 g/mol. The van der Waals surface area contributed by atoms with Crippen LogP contribution in [0, 0.1) is 39.9 Å². The summed E-state index contributed by atoms with van der Waals surface area (Å²) in [6, 6.07) is 1.71. The molecule has 0 amide bonds. The number of hydrogen-bond donors (Lipinski definition) is 0. The van der Waals surface area contributed by atoms with Gasteiger partial charge in [0, 0.05) is 5.92 Å². The number of rotatable bonds is 3. The lowest BCUT2D eigenvalue weighted by molar-refractivity contribution is -0.305. The second-order valence-corrected chi connectivity index (χ2v) is 3.63. The summed E-state index contributed by atoms with van der Waals surface area (Å²) in [7, 11) is 0. The summed E-state index contributed by atoms with van der Waals surface area (Å²) in [6.07, 6.45) is -10.8. The molecular weight excluding hydrogens is 262 g/mol. The number of halogens is 6. The van der Waals surface area contributed by atoms with Gasteiger partial charge in [0.15, 0.2) is 11.3 Å². The molecule has 2 nitrogen and oxygen atoms in total. The van der Waals surface area contributed by atoms with Crippen molar-refractivity contribution in [3.05, 3.63) is 12.7 Å². The molecule has 0 heterocycles. The van der Waals surface area contributed by atoms with Gasteiger partial charge in [-0.3, -0.25) is 0 Å². The summed E-state index contributed by atoms with van der Waals surface area (Å²) in [4.78, 5) is 0. The molecular formula is C10H8F6N2. The van der Waals surface area contributed by atoms with Gasteiger partial charge in [-0.15, -0.1) is 6.58 Å². The summed E-state index contributed by atoms with van der Waals surface area (Å²) in [5, 5.41) is 17.3. The van der Waals surface area contributed by atoms with Crippen LogP contribution >= 0.6 is 0 Å². The van der Waals surface area contributed by atoms with Gasteiger partial charge in [0.1, 0.15) is 0 Å². The first kappa shape index (κ1) is 16.3. The number of nitriles is 2. The lowest BCUT2D eigenvalue weighted by atomic mass is 9.68. The molecule has 8 heteroatoms. The summed E-state index contributed by atoms with van der Waals surface area (Å²) >= 11 is 0. The number of hydrogen-bond acceptors (Lipinski definition) is 2. The minimum absolute atomic E-state index is 0.719. The van der Waals surface area contributed by atoms with Gasteiger partial charge >= 0.3 is 12.4 Å². The van der Waals surface area contributed by atoms with Crippen molar-refractivity contribution >= 4 is 0 Å². The summed E-state index contributed by atoms with van der Waals surface area (Å²) in [5.74, 6) is -5.64. The average molecular weight is 270 g/mol. The first-order chi connectivity index (χ1) is 7.97. The van der Waals surface area contributed by atoms with Gasteiger partial charge in [-0.1, -0.05) is 13.0 Å². The highest BCUT2D eigenvalue weighted by Gasteiger charge is 2.68. The third-order valence-electron chi connectivity index (χ3n) is 2.55. The molecule has 0 aliphatic carbocycles. The van der Waals surface area contributed by atoms with Crippen LogP contribution in [0.25, 0.3) is 0 Å². The van der Waals surface area contributed by atoms with Gasteiger partial charge in [-0.2, -0.15) is 36.9 Å². The van der Waals surface area contributed by atoms with Gasteiger partial charge in [0.25, 0.3) is 0 Å². The largest absolute Gasteiger partial charge is 0.403 e. The Labute approximate surface area is 99.1 Å². The molecule has 0 saturated heterocycles. The summed E-state index contributed by atoms with van der Waals surface area (Å²) in [5.41, 5.74) is -3.28. The van der Waals surface area contributed by atoms with E-state index in [-0.39, 0.29) is 0 Å². The molecule has 0 rings (SSSR count). The lowest BCUT2D eigenvalue weighted by Gasteiger charge is -2.34. The van der Waals surface area contributed by atoms with E-state index in [0.717, 1.165) is 25.1 Å². The van der Waals surface area contributed by atoms with E-state index in [9.17, 15) is 26.3 Å². The van der Waals surface area contributed by atoms with E-state index < -0.39 is 29.6 Å². The molecule has 0 aromatic carbocycles. The third-order valence-corrected chi connectivity index (χ3v) is 2.55. The fourth-order valence-corrected chi connectivity index (χ4v) is 1.51. The van der Waals surface area contributed by atoms with Crippen molar-refractivity contribution in [3.8, 4) is 12.1 Å². The van der Waals surface area contributed by atoms with Crippen molar-refractivity contribution in [3.63, 3.8) is 0 Å². The van der Waals surface area contributed by atoms with Crippen LogP contribution < -0.4 is 0 Å². The van der Waals surface area contributed by atoms with Gasteiger partial charge in [0.05, 0.1) is 12.1 Å². The predicted octanol–water partition coefficient (Wildman–Crippen LogP) is 3.58. The Kier molecular flexibility index (Phi) is 4.43. The Balaban J connectivity index is 6.10. The fourth-order valence-electron chi connectivity index (χ4n) is 1.51. The highest BCUT2D eigenvalue weighted by molar-refractivity contribution is 5.23. The lowest BCUT2D eigenvalue weighted by Crippen LogP contribution is -2.50. The molecule has 0 bridgehead atoms. The van der Waals surface area contributed by atoms with Crippen molar-refractivity contribution in [1.29, 1.82) is 10.5 Å². The molecule has 0 saturated carbocycles. The van der Waals surface area contributed by atoms with Crippen LogP contribution in [0.5, 0.6) is 0 Å². The molecule has 0 spiro atoms. The van der Waals surface area contributed by atoms with Crippen LogP contribution in [0.15, 0.2) is 12.7 Å². The Bertz CT molecular complexity index is 367. The van der Waals surface area contributed by atoms with Crippen LogP contribution in [0.1, 0.15) is 6.92 Å². The standard InChI is InChI=1S/C10H8F6N2/c1-3-6(2)8(4-17,5-18)7(9(11,12)13)10(14,15)16/h3,6-7H,1H2,2H3. The molecule has 1 unspecified atom stereocenters. The zero-order valence-electron chi connectivity index (χ0n) is 9.10. The van der Waals surface area contributed by atoms with E-state index in [1.54, 1.807) is 0 Å². The maximum Gasteiger partial charge on any atom is 0.403 e. The molecule has 1 atom stereocenters. The second-order valence-electron chi connectivity index (χ2n) is 3.63. The molecule has 0 aliphatic heterocycles. The van der Waals surface area contributed by atoms with E-state index in [0.29, 0.717) is 0 Å². The molecule has 0 aliphatic rings. The maximum absolute atomic E-state index is 12.5. The highest BCUT2D eigenvalue weighted by Crippen LogP contribution is 2.52. The molecule has 0 aromatic rings. The summed E-state index contributed by atoms with van der Waals surface area (Å²) < 4.78 is 75.2. The zero-order chi connectivity index (χ0) is 14.8. The molecule has 18 heavy (non-hydrogen) atoms. The highest BCUT2D eigenvalue weighted by atomic mass is 19.4. The van der Waals surface area contributed by atoms with E-state index >= 15 is 0 Å². The zero-order valence-corrected chi connectivity index (χ0v) is 9.10. The topological polar surface area (TPSA) is 47.6 Å². The molecule has 0 radical (unpaired) electrons. The van der Waals surface area contributed by atoms with Crippen LogP contribution in [0.3, 0.4) is 0 Å². The summed E-state index contributed by atoms with van der Waals surface area (Å²) in [6.45, 7) is 3.94. The van der Waals surface area contributed by atoms with Gasteiger partial charge in [0.2, 0.25) is 0 Å². The Morgan fingerprint density at radius 1 is 1.00 bits per heavy atom. The van der Waals surface area contributed by atoms with E-state index in [1.165, 1.54) is 0 Å². The van der Waals surface area contributed by atoms with Gasteiger partial charge < -0.3 is 0 Å². The quantitative estimate of drug-likeness (QED) is 0.581. The minimum atomic E-state index is -5.75. The fraction of sp³-hybridized carbons (Fsp3) is 0.600. The van der Waals surface area contributed by atoms with Crippen LogP contribution in [0.2, 0.25) is 0 Å². The SMILES string of the molecule is C=CC(C)C(C#N)(C#N)C(C(F)(F)F)C(F)(F)F. The Morgan fingerprint density at radius 3 is 1.50 bits per heavy atom. The Morgan fingerprint density at radius 2 is 1.33 bits per heavy atom. The van der Waals surface area contributed by atoms with Crippen molar-refractivity contribution in [1.82, 2.24) is 0 Å². The van der Waals surface area contributed by atoms with Gasteiger partial charge in [-0.05, 0) is 0 Å². The minimum Gasteiger partial charge on any atom is -0.197 e. The predicted molar refractivity (Wildman–Crippen MR) is 48.6 cm³/mol. The number of alkyl halides is 6. The molecule has 100 valence electrons. The van der Waals surface area contributed by atoms with Crippen molar-refractivity contribution in [2.75, 3.05) is 0 Å². The van der Waals surface area contributed by atoms with E-state index in [2.05, 4.69) is 6.58 Å². The van der Waals surface area contributed by atoms with E-state index in [1.807, 2.05) is 0 Å². The molecule has 0 aromatic heterocycles. The van der Waals surface area contributed by atoms with Crippen LogP contribution in [-0.4, -0.2) is 12.4 Å². The van der Waals surface area contributed by atoms with Crippen molar-refractivity contribution < 1.29 is 26.3 Å². The molecule has 0 N–H and O–H groups in total. The van der Waals surface area contributed by atoms with Crippen LogP contribution in [-0.2, 0) is 0 Å². The first-order valence-corrected chi connectivity index (χ1v) is 4.55. The number of allylic oxidation sites excluding steroid dienone is 1. The van der Waals surface area contributed by atoms with E-state index in [4.69, 9.17) is 10.5 Å². The second kappa shape index (κ2) is 4.89. The van der Waals surface area contributed by atoms with Crippen LogP contribution in [0.4, 0.5) is 26.3 Å². The third kappa shape index (κ3) is 2.76.